The van der Waals surface area contributed by atoms with Crippen LogP contribution in [0.3, 0.4) is 0 Å². The summed E-state index contributed by atoms with van der Waals surface area (Å²) in [7, 11) is 0. The van der Waals surface area contributed by atoms with Gasteiger partial charge in [0.2, 0.25) is 5.91 Å². The topological polar surface area (TPSA) is 105 Å². The van der Waals surface area contributed by atoms with Crippen LogP contribution in [0.5, 0.6) is 0 Å². The van der Waals surface area contributed by atoms with Crippen molar-refractivity contribution in [3.05, 3.63) is 59.7 Å². The number of amides is 2. The third kappa shape index (κ3) is 5.23. The van der Waals surface area contributed by atoms with Gasteiger partial charge in [0.25, 0.3) is 0 Å². The van der Waals surface area contributed by atoms with Gasteiger partial charge in [0.05, 0.1) is 0 Å². The lowest BCUT2D eigenvalue weighted by molar-refractivity contribution is -0.142. The molecule has 2 amide bonds. The molecule has 2 atom stereocenters. The van der Waals surface area contributed by atoms with Gasteiger partial charge in [0, 0.05) is 18.4 Å². The monoisotopic (exact) mass is 424 g/mol. The molecule has 1 aliphatic carbocycles. The zero-order valence-corrected chi connectivity index (χ0v) is 17.8. The second-order valence-electron chi connectivity index (χ2n) is 7.65. The van der Waals surface area contributed by atoms with Gasteiger partial charge in [0.1, 0.15) is 12.6 Å². The third-order valence-corrected chi connectivity index (χ3v) is 5.63. The number of nitrogens with one attached hydrogen (secondary N) is 2. The van der Waals surface area contributed by atoms with E-state index in [2.05, 4.69) is 22.8 Å². The number of hydrogen-bond donors (Lipinski definition) is 3. The Bertz CT molecular complexity index is 913. The third-order valence-electron chi connectivity index (χ3n) is 5.63. The Morgan fingerprint density at radius 1 is 0.935 bits per heavy atom. The van der Waals surface area contributed by atoms with Gasteiger partial charge in [-0.2, -0.15) is 0 Å². The molecule has 1 aliphatic rings. The van der Waals surface area contributed by atoms with Crippen molar-refractivity contribution in [1.29, 1.82) is 0 Å². The Morgan fingerprint density at radius 2 is 1.52 bits per heavy atom. The first-order chi connectivity index (χ1) is 14.9. The zero-order valence-electron chi connectivity index (χ0n) is 17.8. The van der Waals surface area contributed by atoms with E-state index in [1.807, 2.05) is 43.3 Å². The first-order valence-corrected chi connectivity index (χ1v) is 10.6. The predicted octanol–water partition coefficient (Wildman–Crippen LogP) is 3.67. The van der Waals surface area contributed by atoms with Gasteiger partial charge in [-0.05, 0) is 35.1 Å². The number of fused-ring (bicyclic) bond motifs is 3. The quantitative estimate of drug-likeness (QED) is 0.570. The number of carbonyl (C=O) groups excluding carboxylic acids is 2. The average molecular weight is 424 g/mol. The number of carbonyl (C=O) groups is 3. The Morgan fingerprint density at radius 3 is 2.03 bits per heavy atom. The number of carboxylic acids is 1. The summed E-state index contributed by atoms with van der Waals surface area (Å²) in [5.41, 5.74) is 4.56. The SMILES string of the molecule is CC[C@H](CC(=O)N[C@H](CC)C(=O)O)NC(=O)OCC1c2ccccc2-c2ccccc21. The first kappa shape index (κ1) is 22.3. The van der Waals surface area contributed by atoms with Crippen molar-refractivity contribution in [2.45, 2.75) is 51.1 Å². The summed E-state index contributed by atoms with van der Waals surface area (Å²) < 4.78 is 5.52. The molecule has 31 heavy (non-hydrogen) atoms. The molecule has 7 heteroatoms. The number of ether oxygens (including phenoxy) is 1. The van der Waals surface area contributed by atoms with Crippen LogP contribution in [0, 0.1) is 0 Å². The Kier molecular flexibility index (Phi) is 7.28. The molecule has 0 fully saturated rings. The number of rotatable bonds is 9. The molecule has 2 aromatic rings. The Hall–Kier alpha value is -3.35. The highest BCUT2D eigenvalue weighted by molar-refractivity contribution is 5.84. The van der Waals surface area contributed by atoms with Crippen LogP contribution in [0.4, 0.5) is 4.79 Å². The number of alkyl carbamates (subject to hydrolysis) is 1. The molecule has 0 saturated carbocycles. The van der Waals surface area contributed by atoms with Gasteiger partial charge < -0.3 is 20.5 Å². The molecule has 0 unspecified atom stereocenters. The molecule has 0 heterocycles. The van der Waals surface area contributed by atoms with Gasteiger partial charge in [0.15, 0.2) is 0 Å². The van der Waals surface area contributed by atoms with Gasteiger partial charge in [-0.25, -0.2) is 9.59 Å². The molecular weight excluding hydrogens is 396 g/mol. The van der Waals surface area contributed by atoms with E-state index >= 15 is 0 Å². The Labute approximate surface area is 181 Å². The van der Waals surface area contributed by atoms with Crippen LogP contribution in [0.25, 0.3) is 11.1 Å². The Balaban J connectivity index is 1.57. The highest BCUT2D eigenvalue weighted by Crippen LogP contribution is 2.44. The minimum atomic E-state index is -1.08. The summed E-state index contributed by atoms with van der Waals surface area (Å²) in [6.07, 6.45) is 0.204. The maximum Gasteiger partial charge on any atom is 0.407 e. The van der Waals surface area contributed by atoms with E-state index in [1.165, 1.54) is 0 Å². The zero-order chi connectivity index (χ0) is 22.4. The highest BCUT2D eigenvalue weighted by atomic mass is 16.5. The first-order valence-electron chi connectivity index (χ1n) is 10.6. The minimum absolute atomic E-state index is 0.00945. The van der Waals surface area contributed by atoms with Crippen LogP contribution < -0.4 is 10.6 Å². The molecule has 0 bridgehead atoms. The molecule has 3 rings (SSSR count). The number of hydrogen-bond acceptors (Lipinski definition) is 4. The van der Waals surface area contributed by atoms with E-state index in [4.69, 9.17) is 9.84 Å². The molecule has 0 radical (unpaired) electrons. The number of carboxylic acid groups (broad SMARTS) is 1. The van der Waals surface area contributed by atoms with Crippen molar-refractivity contribution in [1.82, 2.24) is 10.6 Å². The second-order valence-corrected chi connectivity index (χ2v) is 7.65. The van der Waals surface area contributed by atoms with Crippen molar-refractivity contribution < 1.29 is 24.2 Å². The summed E-state index contributed by atoms with van der Waals surface area (Å²) in [4.78, 5) is 35.6. The van der Waals surface area contributed by atoms with E-state index in [1.54, 1.807) is 6.92 Å². The lowest BCUT2D eigenvalue weighted by atomic mass is 9.98. The fourth-order valence-electron chi connectivity index (χ4n) is 3.92. The highest BCUT2D eigenvalue weighted by Gasteiger charge is 2.29. The molecule has 0 aliphatic heterocycles. The van der Waals surface area contributed by atoms with Crippen molar-refractivity contribution in [3.63, 3.8) is 0 Å². The summed E-state index contributed by atoms with van der Waals surface area (Å²) >= 11 is 0. The van der Waals surface area contributed by atoms with Crippen LogP contribution >= 0.6 is 0 Å². The van der Waals surface area contributed by atoms with Crippen molar-refractivity contribution >= 4 is 18.0 Å². The molecule has 2 aromatic carbocycles. The molecule has 3 N–H and O–H groups in total. The maximum absolute atomic E-state index is 12.4. The molecule has 0 saturated heterocycles. The summed E-state index contributed by atoms with van der Waals surface area (Å²) in [5.74, 6) is -1.53. The molecule has 0 aromatic heterocycles. The van der Waals surface area contributed by atoms with Crippen LogP contribution in [0.2, 0.25) is 0 Å². The summed E-state index contributed by atoms with van der Waals surface area (Å²) in [6, 6.07) is 14.8. The van der Waals surface area contributed by atoms with Crippen LogP contribution in [0.15, 0.2) is 48.5 Å². The van der Waals surface area contributed by atoms with Gasteiger partial charge in [-0.15, -0.1) is 0 Å². The lowest BCUT2D eigenvalue weighted by Crippen LogP contribution is -2.44. The fourth-order valence-corrected chi connectivity index (χ4v) is 3.92. The van der Waals surface area contributed by atoms with E-state index in [0.29, 0.717) is 6.42 Å². The number of aliphatic carboxylic acids is 1. The molecule has 0 spiro atoms. The number of benzene rings is 2. The predicted molar refractivity (Wildman–Crippen MR) is 117 cm³/mol. The average Bonchev–Trinajstić information content (AvgIpc) is 3.09. The van der Waals surface area contributed by atoms with Crippen molar-refractivity contribution in [2.24, 2.45) is 0 Å². The standard InChI is InChI=1S/C24H28N2O5/c1-3-15(13-22(27)26-21(4-2)23(28)29)25-24(30)31-14-20-18-11-7-5-9-16(18)17-10-6-8-12-19(17)20/h5-12,15,20-21H,3-4,13-14H2,1-2H3,(H,25,30)(H,26,27)(H,28,29)/t15-,21-/m1/s1. The summed E-state index contributed by atoms with van der Waals surface area (Å²) in [6.45, 7) is 3.72. The normalized spacial score (nSPS) is 14.1. The van der Waals surface area contributed by atoms with Crippen molar-refractivity contribution in [3.8, 4) is 11.1 Å². The largest absolute Gasteiger partial charge is 0.480 e. The van der Waals surface area contributed by atoms with E-state index in [-0.39, 0.29) is 25.4 Å². The van der Waals surface area contributed by atoms with Crippen LogP contribution in [0.1, 0.15) is 50.2 Å². The molecular formula is C24H28N2O5. The summed E-state index contributed by atoms with van der Waals surface area (Å²) in [5, 5.41) is 14.3. The van der Waals surface area contributed by atoms with Crippen LogP contribution in [-0.2, 0) is 14.3 Å². The van der Waals surface area contributed by atoms with E-state index < -0.39 is 30.1 Å². The van der Waals surface area contributed by atoms with E-state index in [9.17, 15) is 14.4 Å². The smallest absolute Gasteiger partial charge is 0.407 e. The molecule has 164 valence electrons. The minimum Gasteiger partial charge on any atom is -0.480 e. The molecule has 7 nitrogen and oxygen atoms in total. The van der Waals surface area contributed by atoms with E-state index in [0.717, 1.165) is 22.3 Å². The van der Waals surface area contributed by atoms with Gasteiger partial charge in [-0.1, -0.05) is 62.4 Å². The second kappa shape index (κ2) is 10.1. The van der Waals surface area contributed by atoms with Crippen LogP contribution in [-0.4, -0.2) is 41.8 Å². The van der Waals surface area contributed by atoms with Gasteiger partial charge >= 0.3 is 12.1 Å². The lowest BCUT2D eigenvalue weighted by Gasteiger charge is -2.19. The van der Waals surface area contributed by atoms with Crippen molar-refractivity contribution in [2.75, 3.05) is 6.61 Å². The maximum atomic E-state index is 12.4. The van der Waals surface area contributed by atoms with Gasteiger partial charge in [-0.3, -0.25) is 4.79 Å². The fraction of sp³-hybridized carbons (Fsp3) is 0.375.